The minimum Gasteiger partial charge on any atom is -0.382 e. The second-order valence-electron chi connectivity index (χ2n) is 1.96. The van der Waals surface area contributed by atoms with Crippen LogP contribution in [0.4, 0.5) is 0 Å². The van der Waals surface area contributed by atoms with E-state index < -0.39 is 0 Å². The van der Waals surface area contributed by atoms with Crippen LogP contribution in [0.3, 0.4) is 0 Å². The Morgan fingerprint density at radius 3 is 2.62 bits per heavy atom. The molecule has 0 aromatic rings. The number of nitrogens with two attached hydrogens (primary N) is 1. The average Bonchev–Trinajstić information content (AvgIpc) is 1.66. The molecule has 0 rings (SSSR count). The lowest BCUT2D eigenvalue weighted by molar-refractivity contribution is 0.141. The molecule has 0 spiro atoms. The Kier molecular flexibility index (Phi) is 5.01. The van der Waals surface area contributed by atoms with Crippen molar-refractivity contribution >= 4 is 0 Å². The van der Waals surface area contributed by atoms with E-state index in [-0.39, 0.29) is 6.04 Å². The van der Waals surface area contributed by atoms with Crippen molar-refractivity contribution in [3.8, 4) is 0 Å². The van der Waals surface area contributed by atoms with Crippen molar-refractivity contribution in [3.05, 3.63) is 0 Å². The van der Waals surface area contributed by atoms with Crippen LogP contribution in [0.1, 0.15) is 20.3 Å². The molecule has 2 heteroatoms. The molecule has 0 aromatic carbocycles. The van der Waals surface area contributed by atoms with Gasteiger partial charge in [0.15, 0.2) is 0 Å². The van der Waals surface area contributed by atoms with Crippen LogP contribution in [-0.4, -0.2) is 19.3 Å². The number of rotatable bonds is 4. The quantitative estimate of drug-likeness (QED) is 0.552. The summed E-state index contributed by atoms with van der Waals surface area (Å²) in [6.07, 6.45) is 0.966. The number of hydrogen-bond donors (Lipinski definition) is 1. The molecule has 0 bridgehead atoms. The molecule has 1 unspecified atom stereocenters. The topological polar surface area (TPSA) is 35.2 Å². The van der Waals surface area contributed by atoms with Gasteiger partial charge in [-0.05, 0) is 20.3 Å². The summed E-state index contributed by atoms with van der Waals surface area (Å²) in [4.78, 5) is 0. The van der Waals surface area contributed by atoms with Gasteiger partial charge in [0, 0.05) is 19.3 Å². The molecule has 0 saturated carbocycles. The minimum atomic E-state index is 0.279. The lowest BCUT2D eigenvalue weighted by Crippen LogP contribution is -2.17. The fourth-order valence-electron chi connectivity index (χ4n) is 0.414. The van der Waals surface area contributed by atoms with Crippen LogP contribution >= 0.6 is 0 Å². The Bertz CT molecular complexity index is 45.8. The zero-order chi connectivity index (χ0) is 6.41. The molecule has 0 saturated heterocycles. The first-order valence-electron chi connectivity index (χ1n) is 3.10. The summed E-state index contributed by atoms with van der Waals surface area (Å²) >= 11 is 0. The van der Waals surface area contributed by atoms with E-state index in [9.17, 15) is 0 Å². The van der Waals surface area contributed by atoms with E-state index in [2.05, 4.69) is 0 Å². The number of hydrogen-bond acceptors (Lipinski definition) is 2. The van der Waals surface area contributed by atoms with Crippen LogP contribution in [0.5, 0.6) is 0 Å². The fourth-order valence-corrected chi connectivity index (χ4v) is 0.414. The van der Waals surface area contributed by atoms with Gasteiger partial charge in [-0.3, -0.25) is 0 Å². The third-order valence-electron chi connectivity index (χ3n) is 0.922. The van der Waals surface area contributed by atoms with Gasteiger partial charge in [0.25, 0.3) is 0 Å². The highest BCUT2D eigenvalue weighted by atomic mass is 16.5. The summed E-state index contributed by atoms with van der Waals surface area (Å²) in [6, 6.07) is 0.279. The van der Waals surface area contributed by atoms with Crippen LogP contribution < -0.4 is 5.73 Å². The summed E-state index contributed by atoms with van der Waals surface area (Å²) in [5, 5.41) is 0. The van der Waals surface area contributed by atoms with Crippen LogP contribution in [0.25, 0.3) is 0 Å². The molecule has 0 aliphatic heterocycles. The highest BCUT2D eigenvalue weighted by Gasteiger charge is 1.90. The molecule has 2 nitrogen and oxygen atoms in total. The molecule has 50 valence electrons. The SMILES string of the molecule is CCOCCC(C)N. The lowest BCUT2D eigenvalue weighted by Gasteiger charge is -2.02. The van der Waals surface area contributed by atoms with Crippen LogP contribution in [0.2, 0.25) is 0 Å². The first-order valence-corrected chi connectivity index (χ1v) is 3.10. The molecule has 2 N–H and O–H groups in total. The Morgan fingerprint density at radius 1 is 1.62 bits per heavy atom. The Labute approximate surface area is 51.0 Å². The Balaban J connectivity index is 2.72. The monoisotopic (exact) mass is 117 g/mol. The van der Waals surface area contributed by atoms with Crippen molar-refractivity contribution in [3.63, 3.8) is 0 Å². The smallest absolute Gasteiger partial charge is 0.0480 e. The van der Waals surface area contributed by atoms with Gasteiger partial charge in [-0.2, -0.15) is 0 Å². The van der Waals surface area contributed by atoms with Crippen LogP contribution in [0.15, 0.2) is 0 Å². The van der Waals surface area contributed by atoms with Crippen molar-refractivity contribution < 1.29 is 4.74 Å². The molecule has 8 heavy (non-hydrogen) atoms. The van der Waals surface area contributed by atoms with Crippen molar-refractivity contribution in [2.24, 2.45) is 5.73 Å². The highest BCUT2D eigenvalue weighted by molar-refractivity contribution is 4.49. The van der Waals surface area contributed by atoms with E-state index >= 15 is 0 Å². The largest absolute Gasteiger partial charge is 0.382 e. The molecule has 0 heterocycles. The summed E-state index contributed by atoms with van der Waals surface area (Å²) in [5.41, 5.74) is 5.45. The van der Waals surface area contributed by atoms with E-state index in [0.29, 0.717) is 0 Å². The lowest BCUT2D eigenvalue weighted by atomic mass is 10.3. The normalized spacial score (nSPS) is 13.9. The molecule has 0 radical (unpaired) electrons. The van der Waals surface area contributed by atoms with Gasteiger partial charge in [-0.1, -0.05) is 0 Å². The van der Waals surface area contributed by atoms with Crippen molar-refractivity contribution in [1.29, 1.82) is 0 Å². The second-order valence-corrected chi connectivity index (χ2v) is 1.96. The Morgan fingerprint density at radius 2 is 2.25 bits per heavy atom. The summed E-state index contributed by atoms with van der Waals surface area (Å²) in [7, 11) is 0. The maximum absolute atomic E-state index is 5.45. The third kappa shape index (κ3) is 5.92. The molecule has 0 fully saturated rings. The van der Waals surface area contributed by atoms with Gasteiger partial charge in [0.2, 0.25) is 0 Å². The third-order valence-corrected chi connectivity index (χ3v) is 0.922. The molecule has 0 aliphatic rings. The average molecular weight is 117 g/mol. The number of ether oxygens (including phenoxy) is 1. The van der Waals surface area contributed by atoms with Gasteiger partial charge >= 0.3 is 0 Å². The van der Waals surface area contributed by atoms with Gasteiger partial charge in [0.1, 0.15) is 0 Å². The first kappa shape index (κ1) is 7.92. The Hall–Kier alpha value is -0.0800. The summed E-state index contributed by atoms with van der Waals surface area (Å²) in [6.45, 7) is 5.57. The predicted molar refractivity (Wildman–Crippen MR) is 34.8 cm³/mol. The van der Waals surface area contributed by atoms with Gasteiger partial charge in [-0.15, -0.1) is 0 Å². The maximum atomic E-state index is 5.45. The summed E-state index contributed by atoms with van der Waals surface area (Å²) < 4.78 is 5.06. The van der Waals surface area contributed by atoms with Gasteiger partial charge < -0.3 is 10.5 Å². The molecular formula is C6H15NO. The molecule has 0 aromatic heterocycles. The van der Waals surface area contributed by atoms with E-state index in [1.54, 1.807) is 0 Å². The van der Waals surface area contributed by atoms with Gasteiger partial charge in [0.05, 0.1) is 0 Å². The minimum absolute atomic E-state index is 0.279. The van der Waals surface area contributed by atoms with E-state index in [4.69, 9.17) is 10.5 Å². The van der Waals surface area contributed by atoms with Crippen molar-refractivity contribution in [2.45, 2.75) is 26.3 Å². The standard InChI is InChI=1S/C6H15NO/c1-3-8-5-4-6(2)7/h6H,3-5,7H2,1-2H3. The summed E-state index contributed by atoms with van der Waals surface area (Å²) in [5.74, 6) is 0. The highest BCUT2D eigenvalue weighted by Crippen LogP contribution is 1.85. The predicted octanol–water partition coefficient (Wildman–Crippen LogP) is 0.760. The first-order chi connectivity index (χ1) is 3.77. The van der Waals surface area contributed by atoms with Crippen LogP contribution in [0, 0.1) is 0 Å². The molecule has 0 amide bonds. The second kappa shape index (κ2) is 5.06. The molecule has 1 atom stereocenters. The molecule has 0 aliphatic carbocycles. The zero-order valence-corrected chi connectivity index (χ0v) is 5.68. The van der Waals surface area contributed by atoms with E-state index in [1.165, 1.54) is 0 Å². The van der Waals surface area contributed by atoms with Crippen molar-refractivity contribution in [2.75, 3.05) is 13.2 Å². The maximum Gasteiger partial charge on any atom is 0.0480 e. The van der Waals surface area contributed by atoms with E-state index in [1.807, 2.05) is 13.8 Å². The zero-order valence-electron chi connectivity index (χ0n) is 5.68. The van der Waals surface area contributed by atoms with Crippen molar-refractivity contribution in [1.82, 2.24) is 0 Å². The van der Waals surface area contributed by atoms with E-state index in [0.717, 1.165) is 19.6 Å². The molecular weight excluding hydrogens is 102 g/mol. The fraction of sp³-hybridized carbons (Fsp3) is 1.00. The van der Waals surface area contributed by atoms with Gasteiger partial charge in [-0.25, -0.2) is 0 Å². The van der Waals surface area contributed by atoms with Crippen LogP contribution in [-0.2, 0) is 4.74 Å².